The molecule has 3 heteroatoms. The molecule has 0 aliphatic carbocycles. The van der Waals surface area contributed by atoms with Gasteiger partial charge in [0.15, 0.2) is 0 Å². The number of hydrogen-bond acceptors (Lipinski definition) is 2. The van der Waals surface area contributed by atoms with Gasteiger partial charge < -0.3 is 9.47 Å². The molecular weight excluding hydrogens is 388 g/mol. The number of fused-ring (bicyclic) bond motifs is 1. The summed E-state index contributed by atoms with van der Waals surface area (Å²) in [5.74, 6) is 2.51. The Morgan fingerprint density at radius 3 is 2.46 bits per heavy atom. The molecular formula is C23H33BrO2. The SMILES string of the molecule is CCCCCCCOc1c(C)cc(OCC(C)CCBr)c2ccccc12. The second kappa shape index (κ2) is 11.5. The van der Waals surface area contributed by atoms with Crippen LogP contribution in [-0.2, 0) is 0 Å². The van der Waals surface area contributed by atoms with E-state index in [1.165, 1.54) is 25.7 Å². The molecule has 0 fully saturated rings. The summed E-state index contributed by atoms with van der Waals surface area (Å²) in [6.45, 7) is 8.12. The van der Waals surface area contributed by atoms with E-state index >= 15 is 0 Å². The Bertz CT molecular complexity index is 669. The fraction of sp³-hybridized carbons (Fsp3) is 0.565. The minimum absolute atomic E-state index is 0.535. The van der Waals surface area contributed by atoms with Crippen molar-refractivity contribution in [2.45, 2.75) is 59.3 Å². The molecule has 0 aliphatic heterocycles. The maximum atomic E-state index is 6.19. The van der Waals surface area contributed by atoms with Crippen LogP contribution in [0.1, 0.15) is 57.9 Å². The molecule has 0 N–H and O–H groups in total. The van der Waals surface area contributed by atoms with Gasteiger partial charge in [0.2, 0.25) is 0 Å². The van der Waals surface area contributed by atoms with Gasteiger partial charge in [0.25, 0.3) is 0 Å². The molecule has 0 radical (unpaired) electrons. The van der Waals surface area contributed by atoms with Crippen LogP contribution >= 0.6 is 15.9 Å². The topological polar surface area (TPSA) is 18.5 Å². The molecule has 0 amide bonds. The molecule has 0 bridgehead atoms. The van der Waals surface area contributed by atoms with Crippen molar-refractivity contribution in [3.63, 3.8) is 0 Å². The summed E-state index contributed by atoms with van der Waals surface area (Å²) in [5, 5.41) is 3.32. The van der Waals surface area contributed by atoms with Crippen molar-refractivity contribution in [1.82, 2.24) is 0 Å². The first-order valence-corrected chi connectivity index (χ1v) is 11.1. The zero-order valence-electron chi connectivity index (χ0n) is 16.5. The predicted molar refractivity (Wildman–Crippen MR) is 116 cm³/mol. The molecule has 0 spiro atoms. The van der Waals surface area contributed by atoms with Crippen LogP contribution in [0.4, 0.5) is 0 Å². The quantitative estimate of drug-likeness (QED) is 0.264. The van der Waals surface area contributed by atoms with Gasteiger partial charge in [-0.05, 0) is 37.3 Å². The van der Waals surface area contributed by atoms with Crippen LogP contribution in [0, 0.1) is 12.8 Å². The van der Waals surface area contributed by atoms with E-state index in [-0.39, 0.29) is 0 Å². The number of aryl methyl sites for hydroxylation is 1. The average molecular weight is 421 g/mol. The Kier molecular flexibility index (Phi) is 9.31. The maximum Gasteiger partial charge on any atom is 0.130 e. The summed E-state index contributed by atoms with van der Waals surface area (Å²) in [5.41, 5.74) is 1.15. The summed E-state index contributed by atoms with van der Waals surface area (Å²) in [6, 6.07) is 10.6. The first-order valence-electron chi connectivity index (χ1n) is 10.0. The lowest BCUT2D eigenvalue weighted by atomic mass is 10.0. The number of alkyl halides is 1. The number of ether oxygens (including phenoxy) is 2. The third kappa shape index (κ3) is 6.19. The normalized spacial score (nSPS) is 12.3. The van der Waals surface area contributed by atoms with E-state index in [0.29, 0.717) is 5.92 Å². The first kappa shape index (κ1) is 21.1. The number of halogens is 1. The zero-order valence-corrected chi connectivity index (χ0v) is 18.1. The van der Waals surface area contributed by atoms with Gasteiger partial charge in [0.05, 0.1) is 13.2 Å². The molecule has 0 heterocycles. The highest BCUT2D eigenvalue weighted by Gasteiger charge is 2.13. The van der Waals surface area contributed by atoms with Crippen molar-refractivity contribution >= 4 is 26.7 Å². The van der Waals surface area contributed by atoms with E-state index in [2.05, 4.69) is 67.0 Å². The number of unbranched alkanes of at least 4 members (excludes halogenated alkanes) is 4. The van der Waals surface area contributed by atoms with Crippen molar-refractivity contribution in [2.24, 2.45) is 5.92 Å². The summed E-state index contributed by atoms with van der Waals surface area (Å²) in [4.78, 5) is 0. The maximum absolute atomic E-state index is 6.19. The van der Waals surface area contributed by atoms with Gasteiger partial charge in [-0.25, -0.2) is 0 Å². The Balaban J connectivity index is 2.09. The average Bonchev–Trinajstić information content (AvgIpc) is 2.64. The third-order valence-corrected chi connectivity index (χ3v) is 5.22. The van der Waals surface area contributed by atoms with Crippen molar-refractivity contribution in [2.75, 3.05) is 18.5 Å². The molecule has 1 unspecified atom stereocenters. The molecule has 144 valence electrons. The van der Waals surface area contributed by atoms with Gasteiger partial charge in [-0.2, -0.15) is 0 Å². The summed E-state index contributed by atoms with van der Waals surface area (Å²) < 4.78 is 12.4. The van der Waals surface area contributed by atoms with E-state index in [9.17, 15) is 0 Å². The van der Waals surface area contributed by atoms with E-state index in [1.807, 2.05) is 0 Å². The van der Waals surface area contributed by atoms with Gasteiger partial charge >= 0.3 is 0 Å². The highest BCUT2D eigenvalue weighted by atomic mass is 79.9. The highest BCUT2D eigenvalue weighted by Crippen LogP contribution is 2.36. The van der Waals surface area contributed by atoms with Gasteiger partial charge in [0.1, 0.15) is 11.5 Å². The molecule has 2 rings (SSSR count). The monoisotopic (exact) mass is 420 g/mol. The molecule has 2 aromatic rings. The smallest absolute Gasteiger partial charge is 0.130 e. The Hall–Kier alpha value is -1.22. The largest absolute Gasteiger partial charge is 0.493 e. The number of rotatable bonds is 12. The third-order valence-electron chi connectivity index (χ3n) is 4.76. The van der Waals surface area contributed by atoms with Crippen molar-refractivity contribution in [3.8, 4) is 11.5 Å². The molecule has 1 atom stereocenters. The van der Waals surface area contributed by atoms with E-state index in [4.69, 9.17) is 9.47 Å². The molecule has 0 saturated heterocycles. The van der Waals surface area contributed by atoms with Gasteiger partial charge in [0, 0.05) is 16.1 Å². The lowest BCUT2D eigenvalue weighted by Crippen LogP contribution is -2.09. The van der Waals surface area contributed by atoms with Crippen LogP contribution < -0.4 is 9.47 Å². The second-order valence-electron chi connectivity index (χ2n) is 7.22. The molecule has 2 nitrogen and oxygen atoms in total. The number of hydrogen-bond donors (Lipinski definition) is 0. The second-order valence-corrected chi connectivity index (χ2v) is 8.02. The van der Waals surface area contributed by atoms with Crippen LogP contribution in [0.2, 0.25) is 0 Å². The van der Waals surface area contributed by atoms with Gasteiger partial charge in [-0.15, -0.1) is 0 Å². The Morgan fingerprint density at radius 2 is 1.73 bits per heavy atom. The minimum atomic E-state index is 0.535. The summed E-state index contributed by atoms with van der Waals surface area (Å²) in [7, 11) is 0. The molecule has 0 aromatic heterocycles. The van der Waals surface area contributed by atoms with Crippen LogP contribution in [-0.4, -0.2) is 18.5 Å². The van der Waals surface area contributed by atoms with Crippen LogP contribution in [0.5, 0.6) is 11.5 Å². The number of benzene rings is 2. The van der Waals surface area contributed by atoms with E-state index in [0.717, 1.165) is 59.2 Å². The molecule has 26 heavy (non-hydrogen) atoms. The fourth-order valence-electron chi connectivity index (χ4n) is 3.14. The van der Waals surface area contributed by atoms with Gasteiger partial charge in [-0.3, -0.25) is 0 Å². The Morgan fingerprint density at radius 1 is 1.00 bits per heavy atom. The zero-order chi connectivity index (χ0) is 18.8. The fourth-order valence-corrected chi connectivity index (χ4v) is 3.92. The minimum Gasteiger partial charge on any atom is -0.493 e. The highest BCUT2D eigenvalue weighted by molar-refractivity contribution is 9.09. The Labute approximate surface area is 167 Å². The lowest BCUT2D eigenvalue weighted by molar-refractivity contribution is 0.259. The van der Waals surface area contributed by atoms with E-state index < -0.39 is 0 Å². The van der Waals surface area contributed by atoms with E-state index in [1.54, 1.807) is 0 Å². The first-order chi connectivity index (χ1) is 12.7. The van der Waals surface area contributed by atoms with Crippen LogP contribution in [0.3, 0.4) is 0 Å². The van der Waals surface area contributed by atoms with Crippen LogP contribution in [0.15, 0.2) is 30.3 Å². The molecule has 2 aromatic carbocycles. The van der Waals surface area contributed by atoms with Crippen molar-refractivity contribution in [1.29, 1.82) is 0 Å². The standard InChI is InChI=1S/C23H33BrO2/c1-4-5-6-7-10-15-25-23-19(3)16-22(26-17-18(2)13-14-24)20-11-8-9-12-21(20)23/h8-9,11-12,16,18H,4-7,10,13-15,17H2,1-3H3. The van der Waals surface area contributed by atoms with Gasteiger partial charge in [-0.1, -0.05) is 79.7 Å². The molecule has 0 aliphatic rings. The lowest BCUT2D eigenvalue weighted by Gasteiger charge is -2.18. The van der Waals surface area contributed by atoms with Crippen LogP contribution in [0.25, 0.3) is 10.8 Å². The summed E-state index contributed by atoms with van der Waals surface area (Å²) >= 11 is 3.51. The van der Waals surface area contributed by atoms with Crippen molar-refractivity contribution in [3.05, 3.63) is 35.9 Å². The summed E-state index contributed by atoms with van der Waals surface area (Å²) in [6.07, 6.45) is 7.39. The molecule has 0 saturated carbocycles. The predicted octanol–water partition coefficient (Wildman–Crippen LogP) is 7.30. The van der Waals surface area contributed by atoms with Crippen molar-refractivity contribution < 1.29 is 9.47 Å².